The van der Waals surface area contributed by atoms with Gasteiger partial charge in [0.15, 0.2) is 67.8 Å². The van der Waals surface area contributed by atoms with Crippen molar-refractivity contribution in [1.82, 2.24) is 16.0 Å². The van der Waals surface area contributed by atoms with Crippen LogP contribution in [-0.2, 0) is 94.5 Å². The van der Waals surface area contributed by atoms with Crippen molar-refractivity contribution in [2.45, 2.75) is 280 Å². The van der Waals surface area contributed by atoms with Crippen LogP contribution in [0.5, 0.6) is 0 Å². The zero-order valence-corrected chi connectivity index (χ0v) is 62.2. The van der Waals surface area contributed by atoms with Crippen LogP contribution in [0.15, 0.2) is 70.7 Å². The number of nitrogens with one attached hydrogen (secondary N) is 3. The smallest absolute Gasteiger partial charge is 0.474 e. The summed E-state index contributed by atoms with van der Waals surface area (Å²) in [5.74, 6) is -7.64. The first-order valence-corrected chi connectivity index (χ1v) is 36.5. The average Bonchev–Trinajstić information content (AvgIpc) is 0.801. The maximum absolute atomic E-state index is 14.0. The average molecular weight is 1570 g/mol. The second-order valence-electron chi connectivity index (χ2n) is 28.2. The number of aliphatic hydroxyl groups is 11. The second kappa shape index (κ2) is 40.9. The Kier molecular flexibility index (Phi) is 34.3. The van der Waals surface area contributed by atoms with Gasteiger partial charge in [-0.2, -0.15) is 0 Å². The van der Waals surface area contributed by atoms with E-state index < -0.39 is 240 Å². The molecule has 6 rings (SSSR count). The molecule has 0 aromatic carbocycles. The van der Waals surface area contributed by atoms with Crippen LogP contribution >= 0.6 is 7.82 Å². The van der Waals surface area contributed by atoms with Crippen LogP contribution in [0.2, 0.25) is 0 Å². The first-order valence-electron chi connectivity index (χ1n) is 35.0. The summed E-state index contributed by atoms with van der Waals surface area (Å²) in [6.45, 7) is 16.0. The Hall–Kier alpha value is -6.16. The molecular weight excluding hydrogens is 1460 g/mol. The van der Waals surface area contributed by atoms with Gasteiger partial charge in [0.25, 0.3) is 5.91 Å². The number of aliphatic hydroxyl groups excluding tert-OH is 11. The molecule has 5 amide bonds. The topological polar surface area (TPSA) is 608 Å². The number of carboxylic acid groups (broad SMARTS) is 1. The highest BCUT2D eigenvalue weighted by atomic mass is 31.2. The third-order valence-electron chi connectivity index (χ3n) is 18.5. The van der Waals surface area contributed by atoms with Gasteiger partial charge in [0.2, 0.25) is 17.7 Å². The third-order valence-corrected chi connectivity index (χ3v) is 19.5. The van der Waals surface area contributed by atoms with Crippen LogP contribution in [0.25, 0.3) is 0 Å². The van der Waals surface area contributed by atoms with E-state index >= 15 is 0 Å². The molecule has 0 spiro atoms. The number of carbonyl (C=O) groups is 7. The molecule has 108 heavy (non-hydrogen) atoms. The van der Waals surface area contributed by atoms with E-state index in [1.54, 1.807) is 13.0 Å². The Balaban J connectivity index is 1.23. The number of Topliss-reactive ketones (excluding diaryl/α,β-unsaturated/α-hetero) is 1. The fourth-order valence-electron chi connectivity index (χ4n) is 12.3. The molecule has 1 aliphatic carbocycles. The number of nitrogens with two attached hydrogens (primary N) is 2. The molecule has 40 heteroatoms. The summed E-state index contributed by atoms with van der Waals surface area (Å²) < 4.78 is 88.4. The van der Waals surface area contributed by atoms with Gasteiger partial charge < -0.3 is 146 Å². The Labute approximate surface area is 622 Å². The Morgan fingerprint density at radius 3 is 1.83 bits per heavy atom. The Morgan fingerprint density at radius 1 is 0.667 bits per heavy atom. The van der Waals surface area contributed by atoms with Crippen molar-refractivity contribution in [2.75, 3.05) is 26.4 Å². The zero-order chi connectivity index (χ0) is 80.6. The van der Waals surface area contributed by atoms with Crippen LogP contribution in [0.3, 0.4) is 0 Å². The molecule has 6 aliphatic rings. The van der Waals surface area contributed by atoms with E-state index in [4.69, 9.17) is 72.6 Å². The molecule has 5 aliphatic heterocycles. The van der Waals surface area contributed by atoms with Gasteiger partial charge in [-0.3, -0.25) is 33.0 Å². The number of rotatable bonds is 37. The quantitative estimate of drug-likeness (QED) is 0.0227. The normalized spacial score (nSPS) is 35.1. The summed E-state index contributed by atoms with van der Waals surface area (Å²) in [6, 6.07) is -3.98. The number of hydrogen-bond donors (Lipinski definition) is 18. The van der Waals surface area contributed by atoms with E-state index in [0.29, 0.717) is 12.8 Å². The number of ketones is 1. The lowest BCUT2D eigenvalue weighted by atomic mass is 9.85. The largest absolute Gasteiger partial charge is 0.510 e. The van der Waals surface area contributed by atoms with Crippen LogP contribution in [0.4, 0.5) is 4.79 Å². The number of aliphatic carboxylic acids is 1. The number of phosphoric ester groups is 1. The molecule has 39 nitrogen and oxygen atoms in total. The van der Waals surface area contributed by atoms with Crippen molar-refractivity contribution in [3.05, 3.63) is 70.7 Å². The molecule has 5 heterocycles. The van der Waals surface area contributed by atoms with Crippen molar-refractivity contribution in [2.24, 2.45) is 16.9 Å². The van der Waals surface area contributed by atoms with Crippen molar-refractivity contribution in [1.29, 1.82) is 0 Å². The number of phosphoric acid groups is 1. The lowest BCUT2D eigenvalue weighted by molar-refractivity contribution is -0.371. The SMILES string of the molecule is C=C(C/C=C(\C)CCC=C(C)C)CCC(C)(C)/C=C/CC/C(C)=C\CO[C@H](COP(=O)(O)O[C@H]1O[C@H](C(N)=O)[C@H](O)[C@H](OC(N)=O)[C@H]1O[C@@H]1O[C@H](CO[C@@H]2O[C@H](CO)[C@@H](O)[C@H](O)[C@H]2O)[C@@H](O[C@@H]2O[C@H](C)[C@@H](O[C@@H]3O[C@H](C(=O)NC4=C(O)CCC4=O)[C@H](O)[C@H](O)[C@H]3O)[C@H](O)[C@H]2NC(C)=O)[C@H](O)[C@H]1NC(C)=O)C(=O)O. The molecule has 0 radical (unpaired) electrons. The highest BCUT2D eigenvalue weighted by molar-refractivity contribution is 7.47. The van der Waals surface area contributed by atoms with Crippen molar-refractivity contribution >= 4 is 49.3 Å². The van der Waals surface area contributed by atoms with Gasteiger partial charge in [0.1, 0.15) is 103 Å². The molecule has 5 fully saturated rings. The van der Waals surface area contributed by atoms with Crippen LogP contribution in [-0.4, -0.2) is 294 Å². The van der Waals surface area contributed by atoms with E-state index in [2.05, 4.69) is 75.4 Å². The molecule has 5 saturated heterocycles. The number of primary amides is 2. The van der Waals surface area contributed by atoms with Crippen molar-refractivity contribution in [3.63, 3.8) is 0 Å². The lowest BCUT2D eigenvalue weighted by Gasteiger charge is -2.50. The molecule has 0 bridgehead atoms. The minimum atomic E-state index is -5.83. The van der Waals surface area contributed by atoms with Gasteiger partial charge in [0.05, 0.1) is 32.5 Å². The number of allylic oxidation sites excluding steroid dienone is 10. The van der Waals surface area contributed by atoms with Crippen LogP contribution in [0.1, 0.15) is 120 Å². The fraction of sp³-hybridized carbons (Fsp3) is 0.721. The monoisotopic (exact) mass is 1570 g/mol. The predicted octanol–water partition coefficient (Wildman–Crippen LogP) is -2.42. The standard InChI is InChI=1S/C68H106N5O34P/c1-29(2)14-13-16-30(3)17-18-32(5)21-24-68(9,10)23-12-11-15-31(4)22-25-95-40(61(90)91)28-97-108(93,94)107-66-58(55(106-67(70)92)52(87)56(103-66)59(69)88)105-63-43(72-35(8)76)46(81)54(39(100-63)27-96-64-50(85)47(82)44(79)38(26-74)99-64)102-62-42(71-34(7)75)45(80)53(33(6)98-62)101-65-51(86)48(83)49(84)57(104-65)60(89)73-41-36(77)19-20-37(41)78/h12,14,17,22-23,33,38-40,42-58,62-66,74,77,79-87H,5,11,13,15-16,18-21,24-28H2,1-4,6-10H3,(H2,69,88)(H2,70,92)(H,71,75)(H,72,76)(H,73,89)(H,90,91)(H,93,94)/b23-12+,30-17+,31-22-/t33-,38-,39-,40-,42-,43-,44-,45-,46-,47+,48+,49-,50-,51-,52-,53-,54-,55+,56+,57+,58-,62+,63+,64-,65-,66-/m1/s1. The number of hydrogen-bond acceptors (Lipinski definition) is 32. The van der Waals surface area contributed by atoms with E-state index in [1.165, 1.54) is 18.1 Å². The number of carboxylic acids is 1. The van der Waals surface area contributed by atoms with Gasteiger partial charge >= 0.3 is 19.9 Å². The van der Waals surface area contributed by atoms with Crippen LogP contribution in [0, 0.1) is 5.41 Å². The zero-order valence-electron chi connectivity index (χ0n) is 61.3. The molecular formula is C68H106N5O34P. The number of ether oxygens (including phenoxy) is 11. The predicted molar refractivity (Wildman–Crippen MR) is 367 cm³/mol. The van der Waals surface area contributed by atoms with Gasteiger partial charge in [-0.25, -0.2) is 14.2 Å². The van der Waals surface area contributed by atoms with E-state index in [0.717, 1.165) is 57.1 Å². The van der Waals surface area contributed by atoms with Crippen LogP contribution < -0.4 is 27.4 Å². The molecule has 27 atom stereocenters. The van der Waals surface area contributed by atoms with E-state index in [1.807, 2.05) is 6.08 Å². The fourth-order valence-corrected chi connectivity index (χ4v) is 13.2. The lowest BCUT2D eigenvalue weighted by Crippen LogP contribution is -2.71. The number of carbonyl (C=O) groups excluding carboxylic acids is 6. The molecule has 20 N–H and O–H groups in total. The van der Waals surface area contributed by atoms with E-state index in [-0.39, 0.29) is 24.9 Å². The van der Waals surface area contributed by atoms with Crippen molar-refractivity contribution in [3.8, 4) is 0 Å². The second-order valence-corrected chi connectivity index (χ2v) is 29.6. The minimum absolute atomic E-state index is 0.127. The molecule has 0 aromatic heterocycles. The third kappa shape index (κ3) is 25.4. The summed E-state index contributed by atoms with van der Waals surface area (Å²) in [5, 5.41) is 139. The van der Waals surface area contributed by atoms with Gasteiger partial charge in [-0.1, -0.05) is 73.1 Å². The highest BCUT2D eigenvalue weighted by Gasteiger charge is 2.59. The minimum Gasteiger partial charge on any atom is -0.510 e. The molecule has 0 saturated carbocycles. The van der Waals surface area contributed by atoms with Gasteiger partial charge in [-0.05, 0) is 85.0 Å². The van der Waals surface area contributed by atoms with E-state index in [9.17, 15) is 104 Å². The summed E-state index contributed by atoms with van der Waals surface area (Å²) in [6.07, 6.45) is -37.6. The highest BCUT2D eigenvalue weighted by Crippen LogP contribution is 2.48. The summed E-state index contributed by atoms with van der Waals surface area (Å²) in [4.78, 5) is 101. The molecule has 1 unspecified atom stereocenters. The molecule has 0 aromatic rings. The first kappa shape index (κ1) is 90.7. The maximum Gasteiger partial charge on any atom is 0.474 e. The number of amides is 5. The summed E-state index contributed by atoms with van der Waals surface area (Å²) in [7, 11) is -5.83. The van der Waals surface area contributed by atoms with Gasteiger partial charge in [-0.15, -0.1) is 0 Å². The summed E-state index contributed by atoms with van der Waals surface area (Å²) in [5.41, 5.74) is 14.8. The summed E-state index contributed by atoms with van der Waals surface area (Å²) >= 11 is 0. The Morgan fingerprint density at radius 2 is 1.24 bits per heavy atom. The molecule has 612 valence electrons. The maximum atomic E-state index is 14.0. The first-order chi connectivity index (χ1) is 50.5. The van der Waals surface area contributed by atoms with Gasteiger partial charge in [0, 0.05) is 26.7 Å². The Bertz CT molecular complexity index is 3310. The van der Waals surface area contributed by atoms with Crippen molar-refractivity contribution < 1.29 is 165 Å².